The van der Waals surface area contributed by atoms with Crippen LogP contribution in [0.2, 0.25) is 0 Å². The highest BCUT2D eigenvalue weighted by molar-refractivity contribution is 9.10. The summed E-state index contributed by atoms with van der Waals surface area (Å²) in [5.74, 6) is 0.512. The first-order valence-corrected chi connectivity index (χ1v) is 5.39. The third-order valence-corrected chi connectivity index (χ3v) is 2.88. The number of aryl methyl sites for hydroxylation is 1. The molecular formula is C10H11BrN4. The Kier molecular flexibility index (Phi) is 2.73. The first kappa shape index (κ1) is 10.2. The quantitative estimate of drug-likeness (QED) is 0.868. The first-order chi connectivity index (χ1) is 7.24. The molecule has 0 aliphatic heterocycles. The van der Waals surface area contributed by atoms with Gasteiger partial charge in [0.25, 0.3) is 0 Å². The standard InChI is InChI=1S/C10H11BrN4/c1-2-3-4-15-8(11)5-7-9(12)13-6-14-10(7)15/h2,5-6H,1,3-4H2,(H2,12,13,14). The molecule has 0 spiro atoms. The van der Waals surface area contributed by atoms with Crippen LogP contribution >= 0.6 is 15.9 Å². The van der Waals surface area contributed by atoms with Gasteiger partial charge in [-0.1, -0.05) is 6.08 Å². The molecule has 0 aliphatic carbocycles. The van der Waals surface area contributed by atoms with Gasteiger partial charge in [0, 0.05) is 6.54 Å². The first-order valence-electron chi connectivity index (χ1n) is 4.60. The Morgan fingerprint density at radius 1 is 1.53 bits per heavy atom. The van der Waals surface area contributed by atoms with E-state index in [2.05, 4.69) is 37.0 Å². The predicted molar refractivity (Wildman–Crippen MR) is 64.5 cm³/mol. The Bertz CT molecular complexity index is 503. The molecule has 0 saturated heterocycles. The Morgan fingerprint density at radius 3 is 3.07 bits per heavy atom. The molecule has 5 heteroatoms. The van der Waals surface area contributed by atoms with Crippen LogP contribution in [0, 0.1) is 0 Å². The van der Waals surface area contributed by atoms with Crippen molar-refractivity contribution in [2.75, 3.05) is 5.73 Å². The van der Waals surface area contributed by atoms with E-state index in [0.29, 0.717) is 5.82 Å². The van der Waals surface area contributed by atoms with Crippen molar-refractivity contribution in [3.63, 3.8) is 0 Å². The van der Waals surface area contributed by atoms with E-state index in [1.165, 1.54) is 6.33 Å². The Morgan fingerprint density at radius 2 is 2.33 bits per heavy atom. The average Bonchev–Trinajstić information content (AvgIpc) is 2.54. The topological polar surface area (TPSA) is 56.7 Å². The fraction of sp³-hybridized carbons (Fsp3) is 0.200. The van der Waals surface area contributed by atoms with Gasteiger partial charge in [0.1, 0.15) is 17.8 Å². The molecule has 0 atom stereocenters. The highest BCUT2D eigenvalue weighted by Crippen LogP contribution is 2.25. The number of hydrogen-bond donors (Lipinski definition) is 1. The zero-order chi connectivity index (χ0) is 10.8. The molecule has 0 bridgehead atoms. The van der Waals surface area contributed by atoms with Gasteiger partial charge in [0.2, 0.25) is 0 Å². The molecule has 0 fully saturated rings. The number of nitrogens with two attached hydrogens (primary N) is 1. The largest absolute Gasteiger partial charge is 0.383 e. The monoisotopic (exact) mass is 266 g/mol. The molecule has 2 heterocycles. The summed E-state index contributed by atoms with van der Waals surface area (Å²) >= 11 is 3.48. The lowest BCUT2D eigenvalue weighted by molar-refractivity contribution is 0.717. The lowest BCUT2D eigenvalue weighted by atomic mass is 10.4. The lowest BCUT2D eigenvalue weighted by Gasteiger charge is -2.03. The zero-order valence-corrected chi connectivity index (χ0v) is 9.74. The minimum absolute atomic E-state index is 0.512. The summed E-state index contributed by atoms with van der Waals surface area (Å²) in [5, 5.41) is 0.883. The summed E-state index contributed by atoms with van der Waals surface area (Å²) in [5.41, 5.74) is 6.62. The number of anilines is 1. The van der Waals surface area contributed by atoms with Gasteiger partial charge in [-0.05, 0) is 28.4 Å². The van der Waals surface area contributed by atoms with Gasteiger partial charge in [-0.25, -0.2) is 9.97 Å². The molecule has 0 unspecified atom stereocenters. The maximum absolute atomic E-state index is 5.76. The fourth-order valence-electron chi connectivity index (χ4n) is 1.48. The molecule has 15 heavy (non-hydrogen) atoms. The van der Waals surface area contributed by atoms with E-state index in [9.17, 15) is 0 Å². The van der Waals surface area contributed by atoms with Crippen LogP contribution in [-0.4, -0.2) is 14.5 Å². The molecule has 2 rings (SSSR count). The Balaban J connectivity index is 2.57. The maximum Gasteiger partial charge on any atom is 0.146 e. The van der Waals surface area contributed by atoms with E-state index >= 15 is 0 Å². The van der Waals surface area contributed by atoms with E-state index in [0.717, 1.165) is 28.6 Å². The van der Waals surface area contributed by atoms with Crippen LogP contribution in [0.15, 0.2) is 29.7 Å². The van der Waals surface area contributed by atoms with Gasteiger partial charge in [-0.2, -0.15) is 0 Å². The van der Waals surface area contributed by atoms with Crippen LogP contribution < -0.4 is 5.73 Å². The minimum atomic E-state index is 0.512. The SMILES string of the molecule is C=CCCn1c(Br)cc2c(N)ncnc21. The van der Waals surface area contributed by atoms with Gasteiger partial charge in [0.15, 0.2) is 0 Å². The van der Waals surface area contributed by atoms with E-state index in [-0.39, 0.29) is 0 Å². The van der Waals surface area contributed by atoms with E-state index in [1.807, 2.05) is 12.1 Å². The summed E-state index contributed by atoms with van der Waals surface area (Å²) in [4.78, 5) is 8.18. The zero-order valence-electron chi connectivity index (χ0n) is 8.15. The number of hydrogen-bond acceptors (Lipinski definition) is 3. The van der Waals surface area contributed by atoms with Crippen LogP contribution in [0.1, 0.15) is 6.42 Å². The molecular weight excluding hydrogens is 256 g/mol. The van der Waals surface area contributed by atoms with Crippen LogP contribution in [0.4, 0.5) is 5.82 Å². The van der Waals surface area contributed by atoms with Crippen molar-refractivity contribution in [2.24, 2.45) is 0 Å². The lowest BCUT2D eigenvalue weighted by Crippen LogP contribution is -1.99. The van der Waals surface area contributed by atoms with Gasteiger partial charge in [-0.15, -0.1) is 6.58 Å². The molecule has 0 aliphatic rings. The van der Waals surface area contributed by atoms with Crippen molar-refractivity contribution < 1.29 is 0 Å². The summed E-state index contributed by atoms with van der Waals surface area (Å²) in [6.07, 6.45) is 4.25. The van der Waals surface area contributed by atoms with Crippen LogP contribution in [0.25, 0.3) is 11.0 Å². The molecule has 2 N–H and O–H groups in total. The number of rotatable bonds is 3. The summed E-state index contributed by atoms with van der Waals surface area (Å²) in [6.45, 7) is 4.54. The Hall–Kier alpha value is -1.36. The second-order valence-electron chi connectivity index (χ2n) is 3.19. The van der Waals surface area contributed by atoms with Crippen LogP contribution in [0.3, 0.4) is 0 Å². The van der Waals surface area contributed by atoms with Crippen molar-refractivity contribution in [3.8, 4) is 0 Å². The van der Waals surface area contributed by atoms with Crippen LogP contribution in [-0.2, 0) is 6.54 Å². The van der Waals surface area contributed by atoms with E-state index < -0.39 is 0 Å². The summed E-state index contributed by atoms with van der Waals surface area (Å²) in [7, 11) is 0. The van der Waals surface area contributed by atoms with E-state index in [1.54, 1.807) is 0 Å². The van der Waals surface area contributed by atoms with Gasteiger partial charge < -0.3 is 10.3 Å². The number of nitrogen functional groups attached to an aromatic ring is 1. The molecule has 0 amide bonds. The van der Waals surface area contributed by atoms with E-state index in [4.69, 9.17) is 5.73 Å². The number of aromatic nitrogens is 3. The molecule has 0 saturated carbocycles. The molecule has 4 nitrogen and oxygen atoms in total. The number of fused-ring (bicyclic) bond motifs is 1. The number of nitrogens with zero attached hydrogens (tertiary/aromatic N) is 3. The molecule has 0 aromatic carbocycles. The van der Waals surface area contributed by atoms with Crippen molar-refractivity contribution >= 4 is 32.8 Å². The third-order valence-electron chi connectivity index (χ3n) is 2.23. The minimum Gasteiger partial charge on any atom is -0.383 e. The summed E-state index contributed by atoms with van der Waals surface area (Å²) in [6, 6.07) is 1.94. The molecule has 78 valence electrons. The predicted octanol–water partition coefficient (Wildman–Crippen LogP) is 2.35. The second kappa shape index (κ2) is 4.02. The second-order valence-corrected chi connectivity index (χ2v) is 4.00. The Labute approximate surface area is 95.9 Å². The van der Waals surface area contributed by atoms with Crippen LogP contribution in [0.5, 0.6) is 0 Å². The molecule has 0 radical (unpaired) electrons. The number of halogens is 1. The van der Waals surface area contributed by atoms with Gasteiger partial charge in [0.05, 0.1) is 9.99 Å². The van der Waals surface area contributed by atoms with Gasteiger partial charge >= 0.3 is 0 Å². The fourth-order valence-corrected chi connectivity index (χ4v) is 2.06. The highest BCUT2D eigenvalue weighted by atomic mass is 79.9. The third kappa shape index (κ3) is 1.74. The normalized spacial score (nSPS) is 10.7. The smallest absolute Gasteiger partial charge is 0.146 e. The summed E-state index contributed by atoms with van der Waals surface area (Å²) < 4.78 is 3.02. The van der Waals surface area contributed by atoms with Crippen molar-refractivity contribution in [3.05, 3.63) is 29.7 Å². The van der Waals surface area contributed by atoms with Gasteiger partial charge in [-0.3, -0.25) is 0 Å². The van der Waals surface area contributed by atoms with Crippen molar-refractivity contribution in [2.45, 2.75) is 13.0 Å². The van der Waals surface area contributed by atoms with Crippen molar-refractivity contribution in [1.29, 1.82) is 0 Å². The maximum atomic E-state index is 5.76. The average molecular weight is 267 g/mol. The van der Waals surface area contributed by atoms with Crippen molar-refractivity contribution in [1.82, 2.24) is 14.5 Å². The molecule has 2 aromatic rings. The molecule has 2 aromatic heterocycles. The highest BCUT2D eigenvalue weighted by Gasteiger charge is 2.09. The number of allylic oxidation sites excluding steroid dienone is 1.